The minimum Gasteiger partial charge on any atom is -0.452 e. The summed E-state index contributed by atoms with van der Waals surface area (Å²) in [6.45, 7) is 1.42. The van der Waals surface area contributed by atoms with Crippen molar-refractivity contribution < 1.29 is 14.3 Å². The largest absolute Gasteiger partial charge is 0.452 e. The number of ether oxygens (including phenoxy) is 1. The van der Waals surface area contributed by atoms with Crippen molar-refractivity contribution in [1.82, 2.24) is 0 Å². The lowest BCUT2D eigenvalue weighted by Crippen LogP contribution is -2.06. The number of hydrogen-bond acceptors (Lipinski definition) is 3. The van der Waals surface area contributed by atoms with Crippen LogP contribution in [0.1, 0.15) is 17.3 Å². The van der Waals surface area contributed by atoms with Gasteiger partial charge in [-0.3, -0.25) is 9.59 Å². The maximum atomic E-state index is 12.4. The molecule has 3 rings (SSSR count). The van der Waals surface area contributed by atoms with Gasteiger partial charge in [0.25, 0.3) is 0 Å². The normalized spacial score (nSPS) is 17.0. The van der Waals surface area contributed by atoms with Crippen LogP contribution in [-0.4, -0.2) is 11.7 Å². The van der Waals surface area contributed by atoms with Gasteiger partial charge in [-0.1, -0.05) is 18.2 Å². The van der Waals surface area contributed by atoms with Crippen molar-refractivity contribution in [3.05, 3.63) is 77.3 Å². The average Bonchev–Trinajstić information content (AvgIpc) is 2.67. The molecular weight excluding hydrogens is 278 g/mol. The SMILES string of the molecule is CC(=O)Nc1ccc2c(c1)C(=O)/C(=C/C1=CC=CC=C=C1)O2. The summed E-state index contributed by atoms with van der Waals surface area (Å²) in [4.78, 5) is 23.5. The first-order chi connectivity index (χ1) is 10.6. The molecule has 2 aliphatic rings. The van der Waals surface area contributed by atoms with Gasteiger partial charge in [0.15, 0.2) is 5.76 Å². The number of anilines is 1. The Hall–Kier alpha value is -3.10. The van der Waals surface area contributed by atoms with E-state index in [1.165, 1.54) is 6.92 Å². The molecule has 0 unspecified atom stereocenters. The standard InChI is InChI=1S/C18H13NO3/c1-12(20)19-14-8-9-16-15(11-14)18(21)17(22-16)10-13-6-4-2-3-5-7-13/h2-4,6-11H,1H3,(H,19,20)/b17-10-. The minimum absolute atomic E-state index is 0.186. The maximum absolute atomic E-state index is 12.4. The van der Waals surface area contributed by atoms with E-state index in [9.17, 15) is 9.59 Å². The highest BCUT2D eigenvalue weighted by Crippen LogP contribution is 2.33. The molecule has 0 radical (unpaired) electrons. The van der Waals surface area contributed by atoms with Gasteiger partial charge in [-0.15, -0.1) is 5.73 Å². The summed E-state index contributed by atoms with van der Waals surface area (Å²) in [6.07, 6.45) is 10.8. The van der Waals surface area contributed by atoms with Gasteiger partial charge in [0.2, 0.25) is 11.7 Å². The number of rotatable bonds is 2. The number of carbonyl (C=O) groups excluding carboxylic acids is 2. The molecule has 0 bridgehead atoms. The van der Waals surface area contributed by atoms with Crippen LogP contribution >= 0.6 is 0 Å². The summed E-state index contributed by atoms with van der Waals surface area (Å²) in [6, 6.07) is 5.00. The molecule has 1 heterocycles. The van der Waals surface area contributed by atoms with Crippen LogP contribution in [0.5, 0.6) is 5.75 Å². The van der Waals surface area contributed by atoms with Crippen LogP contribution in [0.25, 0.3) is 0 Å². The number of carbonyl (C=O) groups is 2. The highest BCUT2D eigenvalue weighted by Gasteiger charge is 2.27. The zero-order valence-corrected chi connectivity index (χ0v) is 11.9. The summed E-state index contributed by atoms with van der Waals surface area (Å²) >= 11 is 0. The number of fused-ring (bicyclic) bond motifs is 1. The summed E-state index contributed by atoms with van der Waals surface area (Å²) in [5.74, 6) is 0.368. The highest BCUT2D eigenvalue weighted by molar-refractivity contribution is 6.13. The average molecular weight is 291 g/mol. The van der Waals surface area contributed by atoms with E-state index in [1.807, 2.05) is 18.2 Å². The van der Waals surface area contributed by atoms with Gasteiger partial charge in [-0.25, -0.2) is 0 Å². The molecule has 1 N–H and O–H groups in total. The van der Waals surface area contributed by atoms with Gasteiger partial charge in [-0.2, -0.15) is 0 Å². The molecule has 1 aromatic carbocycles. The van der Waals surface area contributed by atoms with Crippen LogP contribution in [0.2, 0.25) is 0 Å². The van der Waals surface area contributed by atoms with E-state index in [0.29, 0.717) is 17.0 Å². The molecule has 1 amide bonds. The molecule has 4 heteroatoms. The van der Waals surface area contributed by atoms with Crippen molar-refractivity contribution in [3.63, 3.8) is 0 Å². The van der Waals surface area contributed by atoms with Crippen molar-refractivity contribution >= 4 is 17.4 Å². The summed E-state index contributed by atoms with van der Waals surface area (Å²) in [5, 5.41) is 2.65. The van der Waals surface area contributed by atoms with Gasteiger partial charge < -0.3 is 10.1 Å². The lowest BCUT2D eigenvalue weighted by Gasteiger charge is -2.02. The zero-order chi connectivity index (χ0) is 15.5. The molecule has 0 aromatic heterocycles. The molecule has 22 heavy (non-hydrogen) atoms. The third-order valence-corrected chi connectivity index (χ3v) is 3.13. The third kappa shape index (κ3) is 2.82. The van der Waals surface area contributed by atoms with Crippen molar-refractivity contribution in [2.24, 2.45) is 0 Å². The van der Waals surface area contributed by atoms with Crippen LogP contribution in [0.15, 0.2) is 71.7 Å². The minimum atomic E-state index is -0.200. The van der Waals surface area contributed by atoms with Gasteiger partial charge in [-0.05, 0) is 42.0 Å². The van der Waals surface area contributed by atoms with Crippen LogP contribution in [0.4, 0.5) is 5.69 Å². The molecule has 1 aliphatic carbocycles. The lowest BCUT2D eigenvalue weighted by molar-refractivity contribution is -0.114. The van der Waals surface area contributed by atoms with E-state index in [2.05, 4.69) is 11.0 Å². The maximum Gasteiger partial charge on any atom is 0.232 e. The topological polar surface area (TPSA) is 55.4 Å². The summed E-state index contributed by atoms with van der Waals surface area (Å²) in [5.41, 5.74) is 4.82. The van der Waals surface area contributed by atoms with Crippen molar-refractivity contribution in [2.75, 3.05) is 5.32 Å². The van der Waals surface area contributed by atoms with Crippen LogP contribution in [-0.2, 0) is 4.79 Å². The molecule has 1 aromatic rings. The number of ketones is 1. The van der Waals surface area contributed by atoms with Gasteiger partial charge >= 0.3 is 0 Å². The van der Waals surface area contributed by atoms with Crippen molar-refractivity contribution in [3.8, 4) is 5.75 Å². The predicted octanol–water partition coefficient (Wildman–Crippen LogP) is 3.31. The summed E-state index contributed by atoms with van der Waals surface area (Å²) in [7, 11) is 0. The Balaban J connectivity index is 1.91. The number of benzene rings is 1. The van der Waals surface area contributed by atoms with E-state index in [0.717, 1.165) is 5.57 Å². The molecule has 4 nitrogen and oxygen atoms in total. The number of nitrogens with one attached hydrogen (secondary N) is 1. The summed E-state index contributed by atoms with van der Waals surface area (Å²) < 4.78 is 5.60. The Bertz CT molecular complexity index is 819. The highest BCUT2D eigenvalue weighted by atomic mass is 16.5. The first kappa shape index (κ1) is 13.9. The molecule has 0 saturated heterocycles. The molecular formula is C18H13NO3. The van der Waals surface area contributed by atoms with Crippen LogP contribution in [0.3, 0.4) is 0 Å². The second-order valence-electron chi connectivity index (χ2n) is 4.86. The van der Waals surface area contributed by atoms with E-state index in [-0.39, 0.29) is 17.4 Å². The third-order valence-electron chi connectivity index (χ3n) is 3.13. The van der Waals surface area contributed by atoms with Crippen molar-refractivity contribution in [1.29, 1.82) is 0 Å². The lowest BCUT2D eigenvalue weighted by atomic mass is 10.1. The Morgan fingerprint density at radius 3 is 3.00 bits per heavy atom. The first-order valence-electron chi connectivity index (χ1n) is 6.79. The molecule has 0 atom stereocenters. The molecule has 0 spiro atoms. The van der Waals surface area contributed by atoms with Gasteiger partial charge in [0.1, 0.15) is 5.75 Å². The molecule has 1 aliphatic heterocycles. The fraction of sp³-hybridized carbons (Fsp3) is 0.0556. The second-order valence-corrected chi connectivity index (χ2v) is 4.86. The zero-order valence-electron chi connectivity index (χ0n) is 11.9. The Kier molecular flexibility index (Phi) is 3.60. The van der Waals surface area contributed by atoms with Crippen molar-refractivity contribution in [2.45, 2.75) is 6.92 Å². The van der Waals surface area contributed by atoms with E-state index < -0.39 is 0 Å². The van der Waals surface area contributed by atoms with Crippen LogP contribution in [0, 0.1) is 0 Å². The molecule has 108 valence electrons. The Morgan fingerprint density at radius 2 is 2.18 bits per heavy atom. The number of Topliss-reactive ketones (excluding diaryl/α,β-unsaturated/α-hetero) is 1. The fourth-order valence-electron chi connectivity index (χ4n) is 2.18. The monoisotopic (exact) mass is 291 g/mol. The Morgan fingerprint density at radius 1 is 1.32 bits per heavy atom. The van der Waals surface area contributed by atoms with Gasteiger partial charge in [0.05, 0.1) is 5.56 Å². The fourth-order valence-corrected chi connectivity index (χ4v) is 2.18. The van der Waals surface area contributed by atoms with E-state index in [4.69, 9.17) is 4.74 Å². The van der Waals surface area contributed by atoms with E-state index >= 15 is 0 Å². The van der Waals surface area contributed by atoms with E-state index in [1.54, 1.807) is 36.4 Å². The van der Waals surface area contributed by atoms with Crippen LogP contribution < -0.4 is 10.1 Å². The molecule has 0 fully saturated rings. The first-order valence-corrected chi connectivity index (χ1v) is 6.79. The number of amides is 1. The quantitative estimate of drug-likeness (QED) is 0.672. The smallest absolute Gasteiger partial charge is 0.232 e. The van der Waals surface area contributed by atoms with Gasteiger partial charge in [0, 0.05) is 12.6 Å². The number of allylic oxidation sites excluding steroid dienone is 7. The number of hydrogen-bond donors (Lipinski definition) is 1. The Labute approximate surface area is 127 Å². The predicted molar refractivity (Wildman–Crippen MR) is 83.7 cm³/mol. The second kappa shape index (κ2) is 5.72. The molecule has 0 saturated carbocycles.